The molecule has 1 saturated heterocycles. The van der Waals surface area contributed by atoms with Crippen LogP contribution in [0.3, 0.4) is 0 Å². The van der Waals surface area contributed by atoms with Crippen molar-refractivity contribution < 1.29 is 43.8 Å². The number of hydrogen-bond donors (Lipinski definition) is 5. The Balaban J connectivity index is 2.05. The number of amides is 4. The van der Waals surface area contributed by atoms with Gasteiger partial charge in [-0.3, -0.25) is 33.8 Å². The van der Waals surface area contributed by atoms with Crippen LogP contribution in [0.1, 0.15) is 78.3 Å². The second kappa shape index (κ2) is 22.5. The number of phenols is 1. The first-order chi connectivity index (χ1) is 26.7. The third-order valence-electron chi connectivity index (χ3n) is 9.87. The number of aromatic hydroxyl groups is 1. The molecular weight excluding hydrogens is 718 g/mol. The third-order valence-corrected chi connectivity index (χ3v) is 9.87. The van der Waals surface area contributed by atoms with E-state index in [4.69, 9.17) is 9.57 Å². The zero-order valence-electron chi connectivity index (χ0n) is 33.5. The molecule has 2 heterocycles. The van der Waals surface area contributed by atoms with Crippen molar-refractivity contribution in [2.24, 2.45) is 17.8 Å². The zero-order chi connectivity index (χ0) is 41.4. The Morgan fingerprint density at radius 2 is 1.82 bits per heavy atom. The first kappa shape index (κ1) is 45.3. The number of ether oxygens (including phenoxy) is 1. The molecule has 0 aliphatic carbocycles. The number of likely N-dealkylation sites (N-methyl/N-ethyl adjacent to an activating group) is 1. The van der Waals surface area contributed by atoms with Gasteiger partial charge in [0.05, 0.1) is 19.1 Å². The van der Waals surface area contributed by atoms with Crippen LogP contribution in [-0.2, 0) is 33.5 Å². The molecule has 3 rings (SSSR count). The Morgan fingerprint density at radius 1 is 1.11 bits per heavy atom. The topological polar surface area (TPSA) is 187 Å². The van der Waals surface area contributed by atoms with Gasteiger partial charge in [-0.15, -0.1) is 0 Å². The van der Waals surface area contributed by atoms with Crippen LogP contribution in [0.15, 0.2) is 84.5 Å². The number of fused-ring (bicyclic) bond motifs is 2. The molecule has 1 aromatic carbocycles. The van der Waals surface area contributed by atoms with Crippen LogP contribution in [0.4, 0.5) is 0 Å². The zero-order valence-corrected chi connectivity index (χ0v) is 33.5. The van der Waals surface area contributed by atoms with E-state index in [1.54, 1.807) is 57.2 Å². The molecule has 56 heavy (non-hydrogen) atoms. The molecule has 4 amide bonds. The highest BCUT2D eigenvalue weighted by atomic mass is 16.7. The van der Waals surface area contributed by atoms with Gasteiger partial charge in [-0.05, 0) is 74.6 Å². The van der Waals surface area contributed by atoms with Crippen molar-refractivity contribution in [1.82, 2.24) is 26.1 Å². The van der Waals surface area contributed by atoms with Crippen LogP contribution in [0, 0.1) is 17.8 Å². The maximum Gasteiger partial charge on any atom is 0.325 e. The van der Waals surface area contributed by atoms with Gasteiger partial charge in [0.2, 0.25) is 11.8 Å². The van der Waals surface area contributed by atoms with Crippen LogP contribution >= 0.6 is 0 Å². The predicted molar refractivity (Wildman–Crippen MR) is 212 cm³/mol. The lowest BCUT2D eigenvalue weighted by Crippen LogP contribution is -2.59. The summed E-state index contributed by atoms with van der Waals surface area (Å²) in [4.78, 5) is 73.0. The lowest BCUT2D eigenvalue weighted by atomic mass is 9.86. The summed E-state index contributed by atoms with van der Waals surface area (Å²) >= 11 is 0. The fourth-order valence-corrected chi connectivity index (χ4v) is 6.30. The highest BCUT2D eigenvalue weighted by molar-refractivity contribution is 5.93. The van der Waals surface area contributed by atoms with Crippen LogP contribution in [0.5, 0.6) is 5.75 Å². The fraction of sp³-hybridized carbons (Fsp3) is 0.500. The minimum Gasteiger partial charge on any atom is -0.508 e. The first-order valence-electron chi connectivity index (χ1n) is 19.1. The van der Waals surface area contributed by atoms with Gasteiger partial charge in [-0.1, -0.05) is 81.5 Å². The number of carbonyl (C=O) groups excluding carboxylic acids is 5. The number of cyclic esters (lactones) is 1. The largest absolute Gasteiger partial charge is 0.508 e. The molecule has 2 bridgehead atoms. The number of rotatable bonds is 8. The lowest BCUT2D eigenvalue weighted by Gasteiger charge is -2.36. The van der Waals surface area contributed by atoms with Crippen LogP contribution in [-0.4, -0.2) is 94.9 Å². The normalized spacial score (nSPS) is 27.9. The lowest BCUT2D eigenvalue weighted by molar-refractivity contribution is -0.162. The number of benzene rings is 1. The summed E-state index contributed by atoms with van der Waals surface area (Å²) in [5.41, 5.74) is 3.94. The highest BCUT2D eigenvalue weighted by Crippen LogP contribution is 2.25. The van der Waals surface area contributed by atoms with Gasteiger partial charge in [0.25, 0.3) is 11.8 Å². The second-order valence-corrected chi connectivity index (χ2v) is 14.5. The molecule has 14 nitrogen and oxygen atoms in total. The van der Waals surface area contributed by atoms with Gasteiger partial charge in [0, 0.05) is 26.1 Å². The molecule has 2 aliphatic rings. The molecule has 5 N–H and O–H groups in total. The number of aliphatic hydroxyl groups is 1. The number of hydrazine groups is 1. The van der Waals surface area contributed by atoms with Crippen LogP contribution in [0.2, 0.25) is 0 Å². The molecule has 14 heteroatoms. The maximum atomic E-state index is 14.3. The van der Waals surface area contributed by atoms with Gasteiger partial charge in [0.15, 0.2) is 0 Å². The van der Waals surface area contributed by atoms with E-state index in [-0.39, 0.29) is 36.1 Å². The van der Waals surface area contributed by atoms with E-state index in [1.807, 2.05) is 38.2 Å². The number of allylic oxidation sites excluding steroid dienone is 7. The Labute approximate surface area is 330 Å². The summed E-state index contributed by atoms with van der Waals surface area (Å²) in [6.07, 6.45) is 15.5. The number of esters is 1. The quantitative estimate of drug-likeness (QED) is 0.0846. The van der Waals surface area contributed by atoms with E-state index in [9.17, 15) is 34.2 Å². The van der Waals surface area contributed by atoms with E-state index in [0.717, 1.165) is 5.06 Å². The average molecular weight is 778 g/mol. The summed E-state index contributed by atoms with van der Waals surface area (Å²) in [7, 11) is 2.86. The molecule has 1 aromatic rings. The first-order valence-corrected chi connectivity index (χ1v) is 19.1. The summed E-state index contributed by atoms with van der Waals surface area (Å²) < 4.78 is 6.02. The molecule has 1 fully saturated rings. The summed E-state index contributed by atoms with van der Waals surface area (Å²) in [6.45, 7) is 9.19. The molecule has 0 saturated carbocycles. The molecule has 306 valence electrons. The number of nitrogens with one attached hydrogen (secondary N) is 3. The maximum absolute atomic E-state index is 14.3. The van der Waals surface area contributed by atoms with Gasteiger partial charge in [-0.25, -0.2) is 10.5 Å². The van der Waals surface area contributed by atoms with E-state index < -0.39 is 65.9 Å². The molecule has 0 radical (unpaired) electrons. The third kappa shape index (κ3) is 13.3. The van der Waals surface area contributed by atoms with Crippen molar-refractivity contribution in [1.29, 1.82) is 0 Å². The molecule has 0 spiro atoms. The summed E-state index contributed by atoms with van der Waals surface area (Å²) in [5, 5.41) is 29.7. The Kier molecular flexibility index (Phi) is 18.2. The molecule has 0 aromatic heterocycles. The number of carbonyl (C=O) groups is 5. The van der Waals surface area contributed by atoms with E-state index >= 15 is 0 Å². The molecule has 2 unspecified atom stereocenters. The Bertz CT molecular complexity index is 1670. The van der Waals surface area contributed by atoms with Crippen molar-refractivity contribution in [2.75, 3.05) is 20.7 Å². The number of phenolic OH excluding ortho intramolecular Hbond substituents is 1. The van der Waals surface area contributed by atoms with Crippen molar-refractivity contribution >= 4 is 29.6 Å². The minimum absolute atomic E-state index is 0.123. The number of hydroxylamine groups is 2. The average Bonchev–Trinajstić information content (AvgIpc) is 3.18. The van der Waals surface area contributed by atoms with Crippen molar-refractivity contribution in [3.05, 3.63) is 90.1 Å². The molecular formula is C42H59N5O9. The Morgan fingerprint density at radius 3 is 2.48 bits per heavy atom. The summed E-state index contributed by atoms with van der Waals surface area (Å²) in [5.74, 6) is -4.43. The SMILES string of the molecule is C/C=C/C[C@H]1C(=O)N[C@@H](C(C)C)C(=O)NC(c2cccc(O)c2)C(=O)N2CCCC(N2)C(=O)O[C@H](/C(C)=C/C=C/C(=O)N(C)OC)C/C=C/C=C/C[C@H](C)[C@H]1O. The standard InChI is InChI=1S/C42H59N5O9/c1-8-9-21-32-38(50)29(5)17-12-10-11-13-23-34(28(4)18-14-24-35(49)46(6)55-7)56-42(54)33-22-16-25-47(45-33)41(53)37(30-19-15-20-31(48)26-30)44-40(52)36(27(2)3)43-39(32)51/h8-15,18-20,24,26-27,29,32-34,36-38,45,48,50H,16-17,21-23,25H2,1-7H3,(H,43,51)(H,44,52)/b9-8+,12-10+,13-11+,24-14+,28-18+/t29-,32+,33?,34-,36-,37?,38+/m0/s1. The van der Waals surface area contributed by atoms with Crippen LogP contribution < -0.4 is 16.1 Å². The van der Waals surface area contributed by atoms with E-state index in [2.05, 4.69) is 16.1 Å². The number of hydrogen-bond acceptors (Lipinski definition) is 10. The number of aliphatic hydroxyl groups excluding tert-OH is 1. The molecule has 2 aliphatic heterocycles. The van der Waals surface area contributed by atoms with Gasteiger partial charge in [-0.2, -0.15) is 0 Å². The second-order valence-electron chi connectivity index (χ2n) is 14.5. The number of nitrogens with zero attached hydrogens (tertiary/aromatic N) is 2. The smallest absolute Gasteiger partial charge is 0.325 e. The highest BCUT2D eigenvalue weighted by Gasteiger charge is 2.38. The fourth-order valence-electron chi connectivity index (χ4n) is 6.30. The predicted octanol–water partition coefficient (Wildman–Crippen LogP) is 4.11. The summed E-state index contributed by atoms with van der Waals surface area (Å²) in [6, 6.07) is 2.66. The van der Waals surface area contributed by atoms with E-state index in [0.29, 0.717) is 31.3 Å². The van der Waals surface area contributed by atoms with Gasteiger partial charge in [0.1, 0.15) is 30.0 Å². The Hall–Kier alpha value is -5.05. The van der Waals surface area contributed by atoms with Gasteiger partial charge >= 0.3 is 5.97 Å². The van der Waals surface area contributed by atoms with E-state index in [1.165, 1.54) is 37.4 Å². The van der Waals surface area contributed by atoms with Gasteiger partial charge < -0.3 is 25.6 Å². The minimum atomic E-state index is -1.31. The monoisotopic (exact) mass is 777 g/mol. The van der Waals surface area contributed by atoms with Crippen molar-refractivity contribution in [3.63, 3.8) is 0 Å². The molecule has 7 atom stereocenters. The van der Waals surface area contributed by atoms with Crippen molar-refractivity contribution in [3.8, 4) is 5.75 Å². The van der Waals surface area contributed by atoms with Crippen molar-refractivity contribution in [2.45, 2.75) is 97.1 Å². The van der Waals surface area contributed by atoms with Crippen LogP contribution in [0.25, 0.3) is 0 Å².